The molecule has 0 aliphatic carbocycles. The number of carbonyl (C=O) groups excluding carboxylic acids is 1. The molecule has 90 valence electrons. The van der Waals surface area contributed by atoms with Gasteiger partial charge < -0.3 is 11.1 Å². The van der Waals surface area contributed by atoms with Crippen molar-refractivity contribution in [1.29, 1.82) is 0 Å². The van der Waals surface area contributed by atoms with Crippen LogP contribution in [-0.2, 0) is 4.79 Å². The fourth-order valence-electron chi connectivity index (χ4n) is 1.21. The van der Waals surface area contributed by atoms with Crippen LogP contribution in [0.4, 0.5) is 5.82 Å². The summed E-state index contributed by atoms with van der Waals surface area (Å²) in [6.07, 6.45) is 0. The molecule has 0 spiro atoms. The van der Waals surface area contributed by atoms with Gasteiger partial charge in [0.15, 0.2) is 5.82 Å². The number of aromatic nitrogens is 2. The van der Waals surface area contributed by atoms with Crippen molar-refractivity contribution >= 4 is 11.7 Å². The van der Waals surface area contributed by atoms with Crippen molar-refractivity contribution in [1.82, 2.24) is 10.2 Å². The van der Waals surface area contributed by atoms with Crippen molar-refractivity contribution in [2.24, 2.45) is 11.7 Å². The van der Waals surface area contributed by atoms with Gasteiger partial charge in [0, 0.05) is 11.8 Å². The summed E-state index contributed by atoms with van der Waals surface area (Å²) < 4.78 is 0. The van der Waals surface area contributed by atoms with Crippen LogP contribution in [0.15, 0.2) is 6.07 Å². The first kappa shape index (κ1) is 12.7. The van der Waals surface area contributed by atoms with Gasteiger partial charge in [0.25, 0.3) is 0 Å². The number of aromatic amines is 1. The Morgan fingerprint density at radius 2 is 2.06 bits per heavy atom. The molecule has 1 amide bonds. The lowest BCUT2D eigenvalue weighted by Crippen LogP contribution is -2.39. The quantitative estimate of drug-likeness (QED) is 0.723. The minimum atomic E-state index is -0.501. The molecule has 1 atom stereocenters. The van der Waals surface area contributed by atoms with E-state index in [9.17, 15) is 4.79 Å². The van der Waals surface area contributed by atoms with Crippen LogP contribution >= 0.6 is 0 Å². The third-order valence-electron chi connectivity index (χ3n) is 2.49. The van der Waals surface area contributed by atoms with Crippen LogP contribution in [0.5, 0.6) is 0 Å². The highest BCUT2D eigenvalue weighted by atomic mass is 16.2. The maximum atomic E-state index is 11.6. The van der Waals surface area contributed by atoms with Gasteiger partial charge in [-0.05, 0) is 11.8 Å². The summed E-state index contributed by atoms with van der Waals surface area (Å²) in [5.74, 6) is 0.807. The number of carbonyl (C=O) groups is 1. The number of nitrogens with two attached hydrogens (primary N) is 1. The maximum absolute atomic E-state index is 11.6. The summed E-state index contributed by atoms with van der Waals surface area (Å²) in [5, 5.41) is 9.57. The summed E-state index contributed by atoms with van der Waals surface area (Å²) in [4.78, 5) is 11.6. The molecule has 1 heterocycles. The Bertz CT molecular complexity index is 357. The molecule has 0 aliphatic heterocycles. The van der Waals surface area contributed by atoms with Crippen LogP contribution in [0.2, 0.25) is 0 Å². The van der Waals surface area contributed by atoms with Gasteiger partial charge in [-0.3, -0.25) is 9.89 Å². The fourth-order valence-corrected chi connectivity index (χ4v) is 1.21. The Morgan fingerprint density at radius 1 is 1.44 bits per heavy atom. The van der Waals surface area contributed by atoms with Crippen LogP contribution < -0.4 is 11.1 Å². The van der Waals surface area contributed by atoms with Crippen molar-refractivity contribution in [3.63, 3.8) is 0 Å². The normalized spacial score (nSPS) is 13.2. The van der Waals surface area contributed by atoms with Crippen LogP contribution in [-0.4, -0.2) is 22.1 Å². The first-order chi connectivity index (χ1) is 7.41. The lowest BCUT2D eigenvalue weighted by atomic mass is 10.1. The molecule has 4 N–H and O–H groups in total. The van der Waals surface area contributed by atoms with Crippen molar-refractivity contribution in [3.05, 3.63) is 11.8 Å². The molecular weight excluding hydrogens is 204 g/mol. The van der Waals surface area contributed by atoms with Crippen molar-refractivity contribution in [2.75, 3.05) is 5.32 Å². The van der Waals surface area contributed by atoms with E-state index >= 15 is 0 Å². The molecule has 0 aromatic carbocycles. The summed E-state index contributed by atoms with van der Waals surface area (Å²) in [6, 6.07) is 1.33. The molecule has 0 saturated heterocycles. The third kappa shape index (κ3) is 3.06. The fraction of sp³-hybridized carbons (Fsp3) is 0.636. The van der Waals surface area contributed by atoms with Gasteiger partial charge in [-0.25, -0.2) is 0 Å². The number of hydrogen-bond acceptors (Lipinski definition) is 3. The van der Waals surface area contributed by atoms with Gasteiger partial charge in [-0.15, -0.1) is 0 Å². The highest BCUT2D eigenvalue weighted by molar-refractivity contribution is 5.94. The topological polar surface area (TPSA) is 83.8 Å². The zero-order chi connectivity index (χ0) is 12.3. The molecule has 5 nitrogen and oxygen atoms in total. The monoisotopic (exact) mass is 224 g/mol. The maximum Gasteiger partial charge on any atom is 0.242 e. The highest BCUT2D eigenvalue weighted by Gasteiger charge is 2.18. The molecule has 16 heavy (non-hydrogen) atoms. The first-order valence-corrected chi connectivity index (χ1v) is 5.53. The number of nitrogens with one attached hydrogen (secondary N) is 2. The molecule has 0 unspecified atom stereocenters. The molecule has 1 aromatic rings. The van der Waals surface area contributed by atoms with E-state index in [2.05, 4.69) is 29.4 Å². The molecule has 0 bridgehead atoms. The zero-order valence-corrected chi connectivity index (χ0v) is 10.2. The van der Waals surface area contributed by atoms with Gasteiger partial charge in [-0.1, -0.05) is 27.7 Å². The summed E-state index contributed by atoms with van der Waals surface area (Å²) >= 11 is 0. The van der Waals surface area contributed by atoms with Crippen molar-refractivity contribution in [3.8, 4) is 0 Å². The second-order valence-electron chi connectivity index (χ2n) is 4.62. The van der Waals surface area contributed by atoms with Crippen molar-refractivity contribution in [2.45, 2.75) is 39.7 Å². The minimum Gasteiger partial charge on any atom is -0.320 e. The summed E-state index contributed by atoms with van der Waals surface area (Å²) in [6.45, 7) is 7.93. The first-order valence-electron chi connectivity index (χ1n) is 5.53. The van der Waals surface area contributed by atoms with Crippen LogP contribution in [0.3, 0.4) is 0 Å². The predicted octanol–water partition coefficient (Wildman–Crippen LogP) is 1.45. The molecule has 0 saturated carbocycles. The number of amides is 1. The Morgan fingerprint density at radius 3 is 2.50 bits per heavy atom. The highest BCUT2D eigenvalue weighted by Crippen LogP contribution is 2.15. The van der Waals surface area contributed by atoms with E-state index in [0.717, 1.165) is 5.69 Å². The smallest absolute Gasteiger partial charge is 0.242 e. The van der Waals surface area contributed by atoms with E-state index in [4.69, 9.17) is 5.73 Å². The number of rotatable bonds is 4. The predicted molar refractivity (Wildman–Crippen MR) is 64.1 cm³/mol. The summed E-state index contributed by atoms with van der Waals surface area (Å²) in [7, 11) is 0. The molecule has 5 heteroatoms. The average molecular weight is 224 g/mol. The van der Waals surface area contributed by atoms with Gasteiger partial charge >= 0.3 is 0 Å². The molecular formula is C11H20N4O. The van der Waals surface area contributed by atoms with Crippen molar-refractivity contribution < 1.29 is 4.79 Å². The number of H-pyrrole nitrogens is 1. The van der Waals surface area contributed by atoms with Crippen LogP contribution in [0.1, 0.15) is 39.3 Å². The van der Waals surface area contributed by atoms with Gasteiger partial charge in [0.05, 0.1) is 6.04 Å². The minimum absolute atomic E-state index is 0.114. The lowest BCUT2D eigenvalue weighted by Gasteiger charge is -2.13. The van der Waals surface area contributed by atoms with E-state index in [1.807, 2.05) is 19.9 Å². The van der Waals surface area contributed by atoms with Crippen LogP contribution in [0, 0.1) is 5.92 Å². The zero-order valence-electron chi connectivity index (χ0n) is 10.2. The summed E-state index contributed by atoms with van der Waals surface area (Å²) in [5.41, 5.74) is 6.72. The lowest BCUT2D eigenvalue weighted by molar-refractivity contribution is -0.118. The number of hydrogen-bond donors (Lipinski definition) is 3. The van der Waals surface area contributed by atoms with E-state index < -0.39 is 6.04 Å². The van der Waals surface area contributed by atoms with E-state index in [1.54, 1.807) is 0 Å². The second-order valence-corrected chi connectivity index (χ2v) is 4.62. The Labute approximate surface area is 95.8 Å². The van der Waals surface area contributed by atoms with Gasteiger partial charge in [0.2, 0.25) is 5.91 Å². The largest absolute Gasteiger partial charge is 0.320 e. The second kappa shape index (κ2) is 5.12. The standard InChI is InChI=1S/C11H20N4O/c1-6(2)8-5-9(15-14-8)13-11(16)10(12)7(3)4/h5-7,10H,12H2,1-4H3,(H2,13,14,15,16)/t10-/m1/s1. The molecule has 1 aromatic heterocycles. The Balaban J connectivity index is 2.63. The average Bonchev–Trinajstić information content (AvgIpc) is 2.64. The molecule has 0 fully saturated rings. The Kier molecular flexibility index (Phi) is 4.06. The van der Waals surface area contributed by atoms with E-state index in [0.29, 0.717) is 11.7 Å². The van der Waals surface area contributed by atoms with Crippen LogP contribution in [0.25, 0.3) is 0 Å². The molecule has 0 aliphatic rings. The van der Waals surface area contributed by atoms with Gasteiger partial charge in [-0.2, -0.15) is 5.10 Å². The van der Waals surface area contributed by atoms with E-state index in [-0.39, 0.29) is 11.8 Å². The van der Waals surface area contributed by atoms with E-state index in [1.165, 1.54) is 0 Å². The number of anilines is 1. The molecule has 1 rings (SSSR count). The molecule has 0 radical (unpaired) electrons. The third-order valence-corrected chi connectivity index (χ3v) is 2.49. The number of nitrogens with zero attached hydrogens (tertiary/aromatic N) is 1. The Hall–Kier alpha value is -1.36. The van der Waals surface area contributed by atoms with Gasteiger partial charge in [0.1, 0.15) is 0 Å². The SMILES string of the molecule is CC(C)c1cc(NC(=O)[C@H](N)C(C)C)n[nH]1.